The Morgan fingerprint density at radius 2 is 0.960 bits per heavy atom. The molecule has 0 aliphatic carbocycles. The Balaban J connectivity index is -0.000000725. The fraction of sp³-hybridized carbons (Fsp3) is 0.526. The second kappa shape index (κ2) is 14.9. The van der Waals surface area contributed by atoms with E-state index in [1.165, 1.54) is 6.92 Å². The summed E-state index contributed by atoms with van der Waals surface area (Å²) in [5.41, 5.74) is 2.24. The van der Waals surface area contributed by atoms with Crippen molar-refractivity contribution in [1.82, 2.24) is 0 Å². The topological polar surface area (TPSA) is 63.2 Å². The van der Waals surface area contributed by atoms with Crippen LogP contribution in [-0.2, 0) is 4.79 Å². The molecule has 0 bridgehead atoms. The molecule has 1 rings (SSSR count). The predicted octanol–water partition coefficient (Wildman–Crippen LogP) is 6.41. The van der Waals surface area contributed by atoms with E-state index in [2.05, 4.69) is 5.32 Å². The molecule has 0 radical (unpaired) electrons. The van der Waals surface area contributed by atoms with E-state index in [1.54, 1.807) is 20.8 Å². The zero-order valence-corrected chi connectivity index (χ0v) is 18.5. The molecule has 144 valence electrons. The first-order valence-corrected chi connectivity index (χ1v) is 9.25. The van der Waals surface area contributed by atoms with Crippen LogP contribution in [0.5, 0.6) is 0 Å². The second-order valence-electron chi connectivity index (χ2n) is 4.23. The number of nitrogens with one attached hydrogen (secondary N) is 1. The van der Waals surface area contributed by atoms with Gasteiger partial charge in [-0.25, -0.2) is 0 Å². The third-order valence-electron chi connectivity index (χ3n) is 2.94. The molecule has 0 saturated heterocycles. The minimum Gasteiger partial charge on any atom is -0.326 e. The molecule has 0 heterocycles. The summed E-state index contributed by atoms with van der Waals surface area (Å²) in [6, 6.07) is 0. The van der Waals surface area contributed by atoms with Gasteiger partial charge in [-0.05, 0) is 60.7 Å². The molecule has 1 amide bonds. The van der Waals surface area contributed by atoms with Crippen LogP contribution in [0.4, 0.5) is 5.69 Å². The number of hydrogen-bond acceptors (Lipinski definition) is 3. The molecular weight excluding hydrogens is 361 g/mol. The van der Waals surface area contributed by atoms with Crippen molar-refractivity contribution in [3.8, 4) is 0 Å². The Labute approximate surface area is 162 Å². The van der Waals surface area contributed by atoms with E-state index in [1.807, 2.05) is 41.5 Å². The summed E-state index contributed by atoms with van der Waals surface area (Å²) in [4.78, 5) is 34.2. The molecule has 0 aliphatic rings. The number of rotatable bonds is 3. The Kier molecular flexibility index (Phi) is 16.9. The Morgan fingerprint density at radius 3 is 1.16 bits per heavy atom. The number of benzene rings is 1. The van der Waals surface area contributed by atoms with Crippen molar-refractivity contribution in [2.24, 2.45) is 0 Å². The average Bonchev–Trinajstić information content (AvgIpc) is 2.56. The molecule has 1 aromatic carbocycles. The summed E-state index contributed by atoms with van der Waals surface area (Å²) in [7, 11) is 0. The monoisotopic (exact) mass is 391 g/mol. The molecule has 0 saturated carbocycles. The van der Waals surface area contributed by atoms with E-state index >= 15 is 0 Å². The lowest BCUT2D eigenvalue weighted by molar-refractivity contribution is -0.114. The average molecular weight is 392 g/mol. The van der Waals surface area contributed by atoms with Gasteiger partial charge < -0.3 is 5.32 Å². The van der Waals surface area contributed by atoms with Crippen molar-refractivity contribution in [2.75, 3.05) is 5.32 Å². The molecule has 4 nitrogen and oxygen atoms in total. The maximum absolute atomic E-state index is 11.5. The molecule has 0 aromatic heterocycles. The van der Waals surface area contributed by atoms with Gasteiger partial charge in [0.05, 0.1) is 0 Å². The molecular formula is C19H31Cl2NO3. The summed E-state index contributed by atoms with van der Waals surface area (Å²) in [6.07, 6.45) is 0. The van der Waals surface area contributed by atoms with E-state index in [9.17, 15) is 14.4 Å². The number of hydrogen-bond donors (Lipinski definition) is 1. The smallest absolute Gasteiger partial charge is 0.253 e. The SMILES string of the molecule is CC.CC.CC.CC(=O)Nc1c(C)c(C(=O)Cl)c(C)c(C(=O)Cl)c1C. The zero-order chi connectivity index (χ0) is 20.9. The standard InChI is InChI=1S/C13H13Cl2NO3.3C2H6/c1-5-9(12(14)18)6(2)11(16-8(4)17)7(3)10(5)13(15)19;3*1-2/h1-4H3,(H,16,17);3*1-2H3. The van der Waals surface area contributed by atoms with E-state index < -0.39 is 10.5 Å². The third-order valence-corrected chi connectivity index (χ3v) is 3.32. The van der Waals surface area contributed by atoms with Crippen LogP contribution >= 0.6 is 23.2 Å². The molecule has 6 heteroatoms. The van der Waals surface area contributed by atoms with Gasteiger partial charge in [-0.1, -0.05) is 41.5 Å². The quantitative estimate of drug-likeness (QED) is 0.605. The van der Waals surface area contributed by atoms with Gasteiger partial charge in [0.2, 0.25) is 5.91 Å². The third kappa shape index (κ3) is 8.02. The van der Waals surface area contributed by atoms with Crippen molar-refractivity contribution in [3.05, 3.63) is 27.8 Å². The predicted molar refractivity (Wildman–Crippen MR) is 109 cm³/mol. The van der Waals surface area contributed by atoms with Crippen molar-refractivity contribution in [2.45, 2.75) is 69.2 Å². The molecule has 0 unspecified atom stereocenters. The maximum Gasteiger partial charge on any atom is 0.253 e. The summed E-state index contributed by atoms with van der Waals surface area (Å²) >= 11 is 11.1. The highest BCUT2D eigenvalue weighted by molar-refractivity contribution is 6.69. The van der Waals surface area contributed by atoms with Gasteiger partial charge in [0.25, 0.3) is 10.5 Å². The van der Waals surface area contributed by atoms with Crippen LogP contribution in [0.25, 0.3) is 0 Å². The number of amides is 1. The highest BCUT2D eigenvalue weighted by Crippen LogP contribution is 2.33. The first kappa shape index (κ1) is 28.4. The van der Waals surface area contributed by atoms with E-state index in [-0.39, 0.29) is 17.0 Å². The van der Waals surface area contributed by atoms with Crippen LogP contribution in [0, 0.1) is 20.8 Å². The van der Waals surface area contributed by atoms with E-state index in [0.717, 1.165) is 0 Å². The lowest BCUT2D eigenvalue weighted by Crippen LogP contribution is -2.15. The molecule has 25 heavy (non-hydrogen) atoms. The van der Waals surface area contributed by atoms with Gasteiger partial charge >= 0.3 is 0 Å². The normalized spacial score (nSPS) is 8.48. The largest absolute Gasteiger partial charge is 0.326 e. The summed E-state index contributed by atoms with van der Waals surface area (Å²) < 4.78 is 0. The Hall–Kier alpha value is -1.39. The molecule has 0 spiro atoms. The first-order chi connectivity index (χ1) is 11.7. The number of halogens is 2. The summed E-state index contributed by atoms with van der Waals surface area (Å²) in [5, 5.41) is 1.21. The molecule has 1 N–H and O–H groups in total. The molecule has 1 aromatic rings. The highest BCUT2D eigenvalue weighted by Gasteiger charge is 2.23. The fourth-order valence-corrected chi connectivity index (χ4v) is 2.74. The van der Waals surface area contributed by atoms with Crippen LogP contribution in [0.15, 0.2) is 0 Å². The van der Waals surface area contributed by atoms with Crippen molar-refractivity contribution < 1.29 is 14.4 Å². The van der Waals surface area contributed by atoms with Crippen molar-refractivity contribution in [1.29, 1.82) is 0 Å². The summed E-state index contributed by atoms with van der Waals surface area (Å²) in [6.45, 7) is 18.2. The van der Waals surface area contributed by atoms with Gasteiger partial charge in [-0.2, -0.15) is 0 Å². The lowest BCUT2D eigenvalue weighted by Gasteiger charge is -2.18. The molecule has 0 atom stereocenters. The molecule has 0 aliphatic heterocycles. The summed E-state index contributed by atoms with van der Waals surface area (Å²) in [5.74, 6) is -0.309. The van der Waals surface area contributed by atoms with Crippen LogP contribution in [0.3, 0.4) is 0 Å². The minimum atomic E-state index is -0.694. The van der Waals surface area contributed by atoms with Gasteiger partial charge in [-0.15, -0.1) is 0 Å². The zero-order valence-electron chi connectivity index (χ0n) is 17.0. The van der Waals surface area contributed by atoms with Gasteiger partial charge in [0, 0.05) is 23.7 Å². The van der Waals surface area contributed by atoms with E-state index in [4.69, 9.17) is 23.2 Å². The van der Waals surface area contributed by atoms with Crippen molar-refractivity contribution in [3.63, 3.8) is 0 Å². The Morgan fingerprint density at radius 1 is 0.680 bits per heavy atom. The second-order valence-corrected chi connectivity index (χ2v) is 4.92. The van der Waals surface area contributed by atoms with Crippen molar-refractivity contribution >= 4 is 45.3 Å². The van der Waals surface area contributed by atoms with Crippen LogP contribution in [0.2, 0.25) is 0 Å². The lowest BCUT2D eigenvalue weighted by atomic mass is 9.92. The van der Waals surface area contributed by atoms with E-state index in [0.29, 0.717) is 22.4 Å². The fourth-order valence-electron chi connectivity index (χ4n) is 2.17. The minimum absolute atomic E-state index is 0.194. The van der Waals surface area contributed by atoms with Gasteiger partial charge in [0.1, 0.15) is 0 Å². The number of carbonyl (C=O) groups is 3. The highest BCUT2D eigenvalue weighted by atomic mass is 35.5. The Bertz CT molecular complexity index is 556. The number of anilines is 1. The van der Waals surface area contributed by atoms with Crippen LogP contribution in [0.1, 0.15) is 85.9 Å². The van der Waals surface area contributed by atoms with Gasteiger partial charge in [0.15, 0.2) is 0 Å². The van der Waals surface area contributed by atoms with Gasteiger partial charge in [-0.3, -0.25) is 14.4 Å². The molecule has 0 fully saturated rings. The first-order valence-electron chi connectivity index (χ1n) is 8.49. The number of carbonyl (C=O) groups excluding carboxylic acids is 3. The van der Waals surface area contributed by atoms with Crippen LogP contribution < -0.4 is 5.32 Å². The maximum atomic E-state index is 11.5. The van der Waals surface area contributed by atoms with Crippen LogP contribution in [-0.4, -0.2) is 16.4 Å².